The van der Waals surface area contributed by atoms with E-state index in [1.54, 1.807) is 12.3 Å². The van der Waals surface area contributed by atoms with Crippen LogP contribution in [-0.2, 0) is 9.53 Å². The third-order valence-electron chi connectivity index (χ3n) is 6.78. The minimum absolute atomic E-state index is 0.0720. The summed E-state index contributed by atoms with van der Waals surface area (Å²) in [5.41, 5.74) is 1.93. The SMILES string of the molecule is CC(C)c1cc(C(=O)OCC(=O)N2CCC[C@H]3CCCC[C@@H]32)c2cnn(C(C)C)c2n1. The first-order chi connectivity index (χ1) is 14.9. The highest BCUT2D eigenvalue weighted by atomic mass is 16.5. The summed E-state index contributed by atoms with van der Waals surface area (Å²) in [5.74, 6) is 0.211. The predicted molar refractivity (Wildman–Crippen MR) is 119 cm³/mol. The van der Waals surface area contributed by atoms with Gasteiger partial charge in [-0.05, 0) is 57.4 Å². The number of nitrogens with zero attached hydrogens (tertiary/aromatic N) is 4. The Morgan fingerprint density at radius 2 is 1.87 bits per heavy atom. The van der Waals surface area contributed by atoms with Gasteiger partial charge in [-0.2, -0.15) is 5.10 Å². The molecule has 3 heterocycles. The fourth-order valence-corrected chi connectivity index (χ4v) is 5.10. The van der Waals surface area contributed by atoms with Crippen molar-refractivity contribution in [1.29, 1.82) is 0 Å². The van der Waals surface area contributed by atoms with Crippen LogP contribution in [-0.4, -0.2) is 50.7 Å². The van der Waals surface area contributed by atoms with Crippen molar-refractivity contribution in [3.05, 3.63) is 23.5 Å². The van der Waals surface area contributed by atoms with Crippen LogP contribution in [0.15, 0.2) is 12.3 Å². The first-order valence-electron chi connectivity index (χ1n) is 11.7. The number of hydrogen-bond acceptors (Lipinski definition) is 5. The molecule has 0 bridgehead atoms. The Hall–Kier alpha value is -2.44. The number of rotatable bonds is 5. The number of amides is 1. The molecule has 1 saturated carbocycles. The smallest absolute Gasteiger partial charge is 0.339 e. The molecule has 0 spiro atoms. The first-order valence-corrected chi connectivity index (χ1v) is 11.7. The Balaban J connectivity index is 1.52. The summed E-state index contributed by atoms with van der Waals surface area (Å²) in [4.78, 5) is 32.7. The minimum atomic E-state index is -0.483. The Kier molecular flexibility index (Phi) is 6.30. The van der Waals surface area contributed by atoms with Crippen LogP contribution in [0.3, 0.4) is 0 Å². The van der Waals surface area contributed by atoms with Crippen LogP contribution in [0, 0.1) is 5.92 Å². The summed E-state index contributed by atoms with van der Waals surface area (Å²) in [7, 11) is 0. The zero-order valence-corrected chi connectivity index (χ0v) is 19.1. The fourth-order valence-electron chi connectivity index (χ4n) is 5.10. The van der Waals surface area contributed by atoms with Gasteiger partial charge < -0.3 is 9.64 Å². The van der Waals surface area contributed by atoms with E-state index < -0.39 is 5.97 Å². The molecule has 2 fully saturated rings. The second-order valence-corrected chi connectivity index (χ2v) is 9.59. The number of piperidine rings is 1. The van der Waals surface area contributed by atoms with E-state index in [2.05, 4.69) is 5.10 Å². The average molecular weight is 427 g/mol. The van der Waals surface area contributed by atoms with E-state index in [4.69, 9.17) is 9.72 Å². The summed E-state index contributed by atoms with van der Waals surface area (Å²) >= 11 is 0. The third kappa shape index (κ3) is 4.32. The van der Waals surface area contributed by atoms with E-state index in [1.807, 2.05) is 37.3 Å². The number of carbonyl (C=O) groups is 2. The average Bonchev–Trinajstić information content (AvgIpc) is 3.20. The van der Waals surface area contributed by atoms with Crippen LogP contribution >= 0.6 is 0 Å². The lowest BCUT2D eigenvalue weighted by atomic mass is 9.78. The molecular weight excluding hydrogens is 392 g/mol. The maximum Gasteiger partial charge on any atom is 0.339 e. The Morgan fingerprint density at radius 3 is 2.61 bits per heavy atom. The summed E-state index contributed by atoms with van der Waals surface area (Å²) in [6.45, 7) is 8.71. The van der Waals surface area contributed by atoms with Crippen molar-refractivity contribution < 1.29 is 14.3 Å². The van der Waals surface area contributed by atoms with Gasteiger partial charge in [0.2, 0.25) is 0 Å². The number of ether oxygens (including phenoxy) is 1. The fraction of sp³-hybridized carbons (Fsp3) is 0.667. The Morgan fingerprint density at radius 1 is 1.13 bits per heavy atom. The van der Waals surface area contributed by atoms with Gasteiger partial charge in [0.15, 0.2) is 12.3 Å². The number of hydrogen-bond donors (Lipinski definition) is 0. The van der Waals surface area contributed by atoms with Crippen LogP contribution in [0.25, 0.3) is 11.0 Å². The van der Waals surface area contributed by atoms with Gasteiger partial charge in [-0.3, -0.25) is 4.79 Å². The molecule has 2 aromatic rings. The molecule has 0 N–H and O–H groups in total. The maximum atomic E-state index is 13.0. The summed E-state index contributed by atoms with van der Waals surface area (Å²) in [6, 6.07) is 2.23. The van der Waals surface area contributed by atoms with E-state index >= 15 is 0 Å². The molecule has 0 radical (unpaired) electrons. The van der Waals surface area contributed by atoms with Gasteiger partial charge >= 0.3 is 5.97 Å². The normalized spacial score (nSPS) is 21.5. The molecule has 31 heavy (non-hydrogen) atoms. The van der Waals surface area contributed by atoms with E-state index in [1.165, 1.54) is 25.7 Å². The molecular formula is C24H34N4O3. The summed E-state index contributed by atoms with van der Waals surface area (Å²) in [5, 5.41) is 5.09. The van der Waals surface area contributed by atoms with Crippen molar-refractivity contribution in [2.45, 2.75) is 84.2 Å². The molecule has 7 nitrogen and oxygen atoms in total. The molecule has 2 aliphatic rings. The number of pyridine rings is 1. The number of esters is 1. The molecule has 0 aromatic carbocycles. The largest absolute Gasteiger partial charge is 0.452 e. The zero-order valence-electron chi connectivity index (χ0n) is 19.1. The van der Waals surface area contributed by atoms with E-state index in [9.17, 15) is 9.59 Å². The Bertz CT molecular complexity index is 963. The van der Waals surface area contributed by atoms with Gasteiger partial charge in [0.1, 0.15) is 0 Å². The van der Waals surface area contributed by atoms with Crippen molar-refractivity contribution in [2.75, 3.05) is 13.2 Å². The molecule has 1 saturated heterocycles. The molecule has 1 amide bonds. The van der Waals surface area contributed by atoms with Crippen LogP contribution in [0.4, 0.5) is 0 Å². The molecule has 2 aromatic heterocycles. The number of fused-ring (bicyclic) bond motifs is 2. The molecule has 4 rings (SSSR count). The lowest BCUT2D eigenvalue weighted by molar-refractivity contribution is -0.140. The van der Waals surface area contributed by atoms with E-state index in [0.29, 0.717) is 28.6 Å². The van der Waals surface area contributed by atoms with Crippen molar-refractivity contribution in [3.63, 3.8) is 0 Å². The van der Waals surface area contributed by atoms with Crippen molar-refractivity contribution in [1.82, 2.24) is 19.7 Å². The molecule has 7 heteroatoms. The lowest BCUT2D eigenvalue weighted by Gasteiger charge is -2.44. The summed E-state index contributed by atoms with van der Waals surface area (Å²) in [6.07, 6.45) is 8.64. The van der Waals surface area contributed by atoms with Crippen LogP contribution in [0.1, 0.15) is 94.2 Å². The van der Waals surface area contributed by atoms with Crippen molar-refractivity contribution in [3.8, 4) is 0 Å². The highest BCUT2D eigenvalue weighted by Gasteiger charge is 2.36. The maximum absolute atomic E-state index is 13.0. The van der Waals surface area contributed by atoms with Crippen LogP contribution in [0.2, 0.25) is 0 Å². The van der Waals surface area contributed by atoms with Crippen molar-refractivity contribution >= 4 is 22.9 Å². The van der Waals surface area contributed by atoms with Gasteiger partial charge in [-0.1, -0.05) is 26.7 Å². The van der Waals surface area contributed by atoms with Gasteiger partial charge in [-0.15, -0.1) is 0 Å². The lowest BCUT2D eigenvalue weighted by Crippen LogP contribution is -2.50. The second-order valence-electron chi connectivity index (χ2n) is 9.59. The highest BCUT2D eigenvalue weighted by molar-refractivity contribution is 6.03. The van der Waals surface area contributed by atoms with Gasteiger partial charge in [-0.25, -0.2) is 14.5 Å². The number of carbonyl (C=O) groups excluding carboxylic acids is 2. The van der Waals surface area contributed by atoms with Gasteiger partial charge in [0.05, 0.1) is 17.1 Å². The standard InChI is InChI=1S/C24H34N4O3/c1-15(2)20-12-18(19-13-25-28(16(3)4)23(19)26-20)24(30)31-14-22(29)27-11-7-9-17-8-5-6-10-21(17)27/h12-13,15-17,21H,5-11,14H2,1-4H3/t17-,21+/m1/s1. The number of aromatic nitrogens is 3. The Labute approximate surface area is 184 Å². The van der Waals surface area contributed by atoms with Gasteiger partial charge in [0.25, 0.3) is 5.91 Å². The predicted octanol–water partition coefficient (Wildman–Crippen LogP) is 4.47. The third-order valence-corrected chi connectivity index (χ3v) is 6.78. The van der Waals surface area contributed by atoms with E-state index in [0.717, 1.165) is 25.1 Å². The van der Waals surface area contributed by atoms with Crippen LogP contribution in [0.5, 0.6) is 0 Å². The van der Waals surface area contributed by atoms with E-state index in [-0.39, 0.29) is 24.5 Å². The first kappa shape index (κ1) is 21.8. The topological polar surface area (TPSA) is 77.3 Å². The molecule has 168 valence electrons. The van der Waals surface area contributed by atoms with Crippen LogP contribution < -0.4 is 0 Å². The van der Waals surface area contributed by atoms with Crippen molar-refractivity contribution in [2.24, 2.45) is 5.92 Å². The zero-order chi connectivity index (χ0) is 22.1. The monoisotopic (exact) mass is 426 g/mol. The van der Waals surface area contributed by atoms with Gasteiger partial charge in [0, 0.05) is 24.3 Å². The molecule has 1 aliphatic carbocycles. The molecule has 1 aliphatic heterocycles. The highest BCUT2D eigenvalue weighted by Crippen LogP contribution is 2.35. The minimum Gasteiger partial charge on any atom is -0.452 e. The molecule has 2 atom stereocenters. The number of likely N-dealkylation sites (tertiary alicyclic amines) is 1. The molecule has 0 unspecified atom stereocenters. The second kappa shape index (κ2) is 8.97. The summed E-state index contributed by atoms with van der Waals surface area (Å²) < 4.78 is 7.36. The quantitative estimate of drug-likeness (QED) is 0.659.